The number of hydrogen-bond donors (Lipinski definition) is 1. The molecule has 1 fully saturated rings. The summed E-state index contributed by atoms with van der Waals surface area (Å²) in [7, 11) is 1.85. The van der Waals surface area contributed by atoms with E-state index < -0.39 is 0 Å². The molecule has 1 amide bonds. The van der Waals surface area contributed by atoms with Gasteiger partial charge in [-0.2, -0.15) is 0 Å². The van der Waals surface area contributed by atoms with Gasteiger partial charge in [0.2, 0.25) is 5.91 Å². The Kier molecular flexibility index (Phi) is 9.55. The monoisotopic (exact) mass is 319 g/mol. The molecule has 0 bridgehead atoms. The summed E-state index contributed by atoms with van der Waals surface area (Å²) in [5, 5.41) is 3.33. The maximum absolute atomic E-state index is 12.0. The number of nitrogens with one attached hydrogen (secondary N) is 1. The maximum atomic E-state index is 12.0. The van der Waals surface area contributed by atoms with E-state index in [0.29, 0.717) is 18.9 Å². The smallest absolute Gasteiger partial charge is 0.222 e. The van der Waals surface area contributed by atoms with E-state index in [1.165, 1.54) is 6.42 Å². The van der Waals surface area contributed by atoms with Crippen molar-refractivity contribution in [3.05, 3.63) is 30.1 Å². The van der Waals surface area contributed by atoms with E-state index in [1.54, 1.807) is 11.1 Å². The van der Waals surface area contributed by atoms with E-state index in [2.05, 4.69) is 10.3 Å². The summed E-state index contributed by atoms with van der Waals surface area (Å²) in [6.45, 7) is 2.77. The highest BCUT2D eigenvalue weighted by molar-refractivity contribution is 5.85. The SMILES string of the molecule is CN(Cc1ccccn1)C(=O)CCC1CCNC1.Cl.Cl. The third-order valence-electron chi connectivity index (χ3n) is 3.48. The van der Waals surface area contributed by atoms with Gasteiger partial charge in [-0.3, -0.25) is 9.78 Å². The molecule has 0 aromatic carbocycles. The molecule has 1 saturated heterocycles. The van der Waals surface area contributed by atoms with Gasteiger partial charge in [0.15, 0.2) is 0 Å². The standard InChI is InChI=1S/C14H21N3O.2ClH/c1-17(11-13-4-2-3-8-16-13)14(18)6-5-12-7-9-15-10-12;;/h2-4,8,12,15H,5-7,9-11H2,1H3;2*1H. The summed E-state index contributed by atoms with van der Waals surface area (Å²) in [6, 6.07) is 5.79. The van der Waals surface area contributed by atoms with Gasteiger partial charge in [-0.15, -0.1) is 24.8 Å². The van der Waals surface area contributed by atoms with Crippen molar-refractivity contribution in [2.24, 2.45) is 5.92 Å². The van der Waals surface area contributed by atoms with Crippen LogP contribution in [-0.4, -0.2) is 35.9 Å². The summed E-state index contributed by atoms with van der Waals surface area (Å²) in [5.74, 6) is 0.893. The fourth-order valence-corrected chi connectivity index (χ4v) is 2.30. The van der Waals surface area contributed by atoms with Gasteiger partial charge in [0.1, 0.15) is 0 Å². The predicted molar refractivity (Wildman–Crippen MR) is 85.4 cm³/mol. The zero-order valence-electron chi connectivity index (χ0n) is 11.7. The highest BCUT2D eigenvalue weighted by Gasteiger charge is 2.17. The Morgan fingerprint density at radius 3 is 2.85 bits per heavy atom. The molecule has 20 heavy (non-hydrogen) atoms. The van der Waals surface area contributed by atoms with E-state index in [4.69, 9.17) is 0 Å². The minimum atomic E-state index is 0. The molecule has 1 aliphatic heterocycles. The Morgan fingerprint density at radius 2 is 2.25 bits per heavy atom. The number of aromatic nitrogens is 1. The Bertz CT molecular complexity index is 383. The van der Waals surface area contributed by atoms with Crippen LogP contribution in [-0.2, 0) is 11.3 Å². The van der Waals surface area contributed by atoms with Gasteiger partial charge in [-0.05, 0) is 44.0 Å². The van der Waals surface area contributed by atoms with Crippen LogP contribution in [0.5, 0.6) is 0 Å². The lowest BCUT2D eigenvalue weighted by molar-refractivity contribution is -0.130. The first kappa shape index (κ1) is 19.2. The van der Waals surface area contributed by atoms with E-state index in [9.17, 15) is 4.79 Å². The van der Waals surface area contributed by atoms with Gasteiger partial charge in [-0.25, -0.2) is 0 Å². The first-order valence-corrected chi connectivity index (χ1v) is 6.60. The van der Waals surface area contributed by atoms with E-state index >= 15 is 0 Å². The first-order chi connectivity index (χ1) is 8.75. The van der Waals surface area contributed by atoms with Crippen molar-refractivity contribution < 1.29 is 4.79 Å². The molecule has 2 rings (SSSR count). The summed E-state index contributed by atoms with van der Waals surface area (Å²) in [4.78, 5) is 18.0. The molecular weight excluding hydrogens is 297 g/mol. The molecule has 1 N–H and O–H groups in total. The van der Waals surface area contributed by atoms with Crippen LogP contribution in [0.15, 0.2) is 24.4 Å². The molecule has 1 aromatic heterocycles. The highest BCUT2D eigenvalue weighted by atomic mass is 35.5. The number of rotatable bonds is 5. The number of nitrogens with zero attached hydrogens (tertiary/aromatic N) is 2. The number of hydrogen-bond acceptors (Lipinski definition) is 3. The number of carbonyl (C=O) groups excluding carboxylic acids is 1. The molecule has 1 aromatic rings. The Morgan fingerprint density at radius 1 is 1.45 bits per heavy atom. The van der Waals surface area contributed by atoms with Gasteiger partial charge in [0, 0.05) is 19.7 Å². The number of carbonyl (C=O) groups is 1. The zero-order valence-corrected chi connectivity index (χ0v) is 13.4. The normalized spacial score (nSPS) is 16.9. The largest absolute Gasteiger partial charge is 0.340 e. The lowest BCUT2D eigenvalue weighted by Gasteiger charge is -2.17. The molecule has 0 aliphatic carbocycles. The quantitative estimate of drug-likeness (QED) is 0.905. The molecule has 114 valence electrons. The van der Waals surface area contributed by atoms with Crippen LogP contribution in [0.4, 0.5) is 0 Å². The van der Waals surface area contributed by atoms with E-state index in [-0.39, 0.29) is 30.7 Å². The summed E-state index contributed by atoms with van der Waals surface area (Å²) in [6.07, 6.45) is 4.61. The molecule has 1 aliphatic rings. The predicted octanol–water partition coefficient (Wildman–Crippen LogP) is 2.27. The number of halogens is 2. The van der Waals surface area contributed by atoms with Gasteiger partial charge in [0.05, 0.1) is 12.2 Å². The lowest BCUT2D eigenvalue weighted by Crippen LogP contribution is -2.27. The molecule has 2 heterocycles. The maximum Gasteiger partial charge on any atom is 0.222 e. The van der Waals surface area contributed by atoms with E-state index in [1.807, 2.05) is 25.2 Å². The summed E-state index contributed by atoms with van der Waals surface area (Å²) < 4.78 is 0. The fourth-order valence-electron chi connectivity index (χ4n) is 2.30. The first-order valence-electron chi connectivity index (χ1n) is 6.60. The van der Waals surface area contributed by atoms with Crippen molar-refractivity contribution in [3.8, 4) is 0 Å². The third kappa shape index (κ3) is 6.07. The molecule has 0 radical (unpaired) electrons. The van der Waals surface area contributed by atoms with Crippen molar-refractivity contribution in [2.45, 2.75) is 25.8 Å². The van der Waals surface area contributed by atoms with Crippen LogP contribution in [0.3, 0.4) is 0 Å². The van der Waals surface area contributed by atoms with Gasteiger partial charge in [-0.1, -0.05) is 6.07 Å². The second-order valence-electron chi connectivity index (χ2n) is 4.97. The van der Waals surface area contributed by atoms with Gasteiger partial charge in [0.25, 0.3) is 0 Å². The minimum absolute atomic E-state index is 0. The molecule has 0 saturated carbocycles. The molecule has 6 heteroatoms. The van der Waals surface area contributed by atoms with Gasteiger partial charge >= 0.3 is 0 Å². The number of pyridine rings is 1. The minimum Gasteiger partial charge on any atom is -0.340 e. The van der Waals surface area contributed by atoms with Crippen LogP contribution in [0.1, 0.15) is 25.0 Å². The van der Waals surface area contributed by atoms with Crippen molar-refractivity contribution in [2.75, 3.05) is 20.1 Å². The zero-order chi connectivity index (χ0) is 12.8. The van der Waals surface area contributed by atoms with Crippen LogP contribution in [0.25, 0.3) is 0 Å². The molecule has 1 unspecified atom stereocenters. The fraction of sp³-hybridized carbons (Fsp3) is 0.571. The van der Waals surface area contributed by atoms with Crippen molar-refractivity contribution >= 4 is 30.7 Å². The van der Waals surface area contributed by atoms with E-state index in [0.717, 1.165) is 25.2 Å². The second kappa shape index (κ2) is 9.97. The van der Waals surface area contributed by atoms with Crippen LogP contribution in [0.2, 0.25) is 0 Å². The lowest BCUT2D eigenvalue weighted by atomic mass is 10.0. The summed E-state index contributed by atoms with van der Waals surface area (Å²) in [5.41, 5.74) is 0.941. The molecular formula is C14H23Cl2N3O. The third-order valence-corrected chi connectivity index (χ3v) is 3.48. The Hall–Kier alpha value is -0.840. The second-order valence-corrected chi connectivity index (χ2v) is 4.97. The summed E-state index contributed by atoms with van der Waals surface area (Å²) >= 11 is 0. The Balaban J connectivity index is 0.00000180. The average molecular weight is 320 g/mol. The van der Waals surface area contributed by atoms with Gasteiger partial charge < -0.3 is 10.2 Å². The Labute approximate surface area is 133 Å². The van der Waals surface area contributed by atoms with Crippen LogP contribution < -0.4 is 5.32 Å². The molecule has 4 nitrogen and oxygen atoms in total. The van der Waals surface area contributed by atoms with Crippen molar-refractivity contribution in [3.63, 3.8) is 0 Å². The molecule has 1 atom stereocenters. The van der Waals surface area contributed by atoms with Crippen molar-refractivity contribution in [1.82, 2.24) is 15.2 Å². The average Bonchev–Trinajstić information content (AvgIpc) is 2.90. The highest BCUT2D eigenvalue weighted by Crippen LogP contribution is 2.15. The molecule has 0 spiro atoms. The topological polar surface area (TPSA) is 45.2 Å². The van der Waals surface area contributed by atoms with Crippen LogP contribution >= 0.6 is 24.8 Å². The number of amides is 1. The van der Waals surface area contributed by atoms with Crippen molar-refractivity contribution in [1.29, 1.82) is 0 Å². The van der Waals surface area contributed by atoms with Crippen LogP contribution in [0, 0.1) is 5.92 Å².